The highest BCUT2D eigenvalue weighted by molar-refractivity contribution is 5.92. The van der Waals surface area contributed by atoms with Crippen LogP contribution in [0.1, 0.15) is 96.5 Å². The van der Waals surface area contributed by atoms with Crippen LogP contribution in [0.5, 0.6) is 0 Å². The van der Waals surface area contributed by atoms with E-state index in [0.29, 0.717) is 48.7 Å². The van der Waals surface area contributed by atoms with Crippen LogP contribution in [0.4, 0.5) is 10.5 Å². The molecule has 1 fully saturated rings. The van der Waals surface area contributed by atoms with Gasteiger partial charge in [0.15, 0.2) is 5.69 Å². The third kappa shape index (κ3) is 7.98. The fourth-order valence-corrected chi connectivity index (χ4v) is 7.20. The van der Waals surface area contributed by atoms with E-state index in [-0.39, 0.29) is 36.5 Å². The van der Waals surface area contributed by atoms with Crippen LogP contribution in [-0.2, 0) is 13.0 Å². The van der Waals surface area contributed by atoms with Gasteiger partial charge in [-0.15, -0.1) is 0 Å². The smallest absolute Gasteiger partial charge is 0.395 e. The van der Waals surface area contributed by atoms with Crippen LogP contribution in [-0.4, -0.2) is 84.8 Å². The zero-order valence-electron chi connectivity index (χ0n) is 30.0. The number of urea groups is 1. The van der Waals surface area contributed by atoms with Crippen molar-refractivity contribution in [2.24, 2.45) is 0 Å². The fraction of sp³-hybridized carbons (Fsp3) is 0.415. The van der Waals surface area contributed by atoms with Gasteiger partial charge in [0.2, 0.25) is 0 Å². The predicted molar refractivity (Wildman–Crippen MR) is 200 cm³/mol. The molecule has 6 rings (SSSR count). The molecule has 2 heterocycles. The molecule has 3 N–H and O–H groups in total. The second kappa shape index (κ2) is 16.1. The molecule has 0 bridgehead atoms. The minimum Gasteiger partial charge on any atom is -0.395 e. The number of aromatic nitrogens is 2. The molecule has 0 spiro atoms. The second-order valence-electron chi connectivity index (χ2n) is 13.9. The Labute approximate surface area is 301 Å². The van der Waals surface area contributed by atoms with E-state index in [2.05, 4.69) is 44.1 Å². The molecular formula is C41H51N6O4+. The summed E-state index contributed by atoms with van der Waals surface area (Å²) in [6.07, 6.45) is 4.09. The zero-order chi connectivity index (χ0) is 36.1. The number of unbranched alkanes of at least 4 members (excludes halogenated alkanes) is 2. The molecule has 268 valence electrons. The number of amides is 3. The Bertz CT molecular complexity index is 1850. The van der Waals surface area contributed by atoms with Crippen molar-refractivity contribution in [1.82, 2.24) is 19.6 Å². The van der Waals surface area contributed by atoms with E-state index in [4.69, 9.17) is 5.10 Å². The van der Waals surface area contributed by atoms with Gasteiger partial charge in [-0.2, -0.15) is 9.89 Å². The molecule has 4 unspecified atom stereocenters. The number of nitrogens with zero attached hydrogens (tertiary/aromatic N) is 5. The number of hydrogen-bond donors (Lipinski definition) is 3. The van der Waals surface area contributed by atoms with Crippen LogP contribution in [0.25, 0.3) is 5.69 Å². The van der Waals surface area contributed by atoms with Crippen molar-refractivity contribution in [3.63, 3.8) is 0 Å². The summed E-state index contributed by atoms with van der Waals surface area (Å²) in [6, 6.07) is 24.7. The van der Waals surface area contributed by atoms with Crippen molar-refractivity contribution in [2.75, 3.05) is 25.0 Å². The highest BCUT2D eigenvalue weighted by Crippen LogP contribution is 2.43. The van der Waals surface area contributed by atoms with Crippen molar-refractivity contribution >= 4 is 24.3 Å². The Hall–Kier alpha value is -4.64. The summed E-state index contributed by atoms with van der Waals surface area (Å²) in [4.78, 5) is 31.0. The predicted octanol–water partition coefficient (Wildman–Crippen LogP) is 6.43. The average Bonchev–Trinajstić information content (AvgIpc) is 3.87. The molecule has 0 saturated heterocycles. The maximum absolute atomic E-state index is 13.7. The lowest BCUT2D eigenvalue weighted by molar-refractivity contribution is -0.431. The third-order valence-corrected chi connectivity index (χ3v) is 10.3. The first kappa shape index (κ1) is 36.2. The van der Waals surface area contributed by atoms with E-state index in [9.17, 15) is 19.8 Å². The molecular weight excluding hydrogens is 640 g/mol. The van der Waals surface area contributed by atoms with Gasteiger partial charge in [-0.05, 0) is 73.6 Å². The summed E-state index contributed by atoms with van der Waals surface area (Å²) in [6.45, 7) is 11.8. The van der Waals surface area contributed by atoms with Crippen LogP contribution < -0.4 is 5.32 Å². The number of carbonyl (C=O) groups excluding carboxylic acids is 2. The number of fused-ring (bicyclic) bond motifs is 1. The molecule has 10 nitrogen and oxygen atoms in total. The third-order valence-electron chi connectivity index (χ3n) is 10.3. The minimum absolute atomic E-state index is 0.00707. The van der Waals surface area contributed by atoms with E-state index in [1.54, 1.807) is 22.9 Å². The molecule has 0 radical (unpaired) electrons. The van der Waals surface area contributed by atoms with Crippen LogP contribution >= 0.6 is 0 Å². The molecule has 4 atom stereocenters. The van der Waals surface area contributed by atoms with Gasteiger partial charge in [0, 0.05) is 42.9 Å². The minimum atomic E-state index is -1.16. The molecule has 10 heteroatoms. The van der Waals surface area contributed by atoms with Crippen molar-refractivity contribution in [1.29, 1.82) is 0 Å². The second-order valence-corrected chi connectivity index (χ2v) is 13.9. The number of aliphatic hydroxyl groups is 2. The van der Waals surface area contributed by atoms with Gasteiger partial charge >= 0.3 is 6.03 Å². The van der Waals surface area contributed by atoms with E-state index in [1.807, 2.05) is 59.2 Å². The van der Waals surface area contributed by atoms with Crippen molar-refractivity contribution in [3.8, 4) is 5.69 Å². The van der Waals surface area contributed by atoms with Crippen LogP contribution in [0, 0.1) is 6.92 Å². The Morgan fingerprint density at radius 3 is 2.37 bits per heavy atom. The molecule has 3 amide bonds. The lowest BCUT2D eigenvalue weighted by atomic mass is 9.93. The molecule has 1 saturated carbocycles. The van der Waals surface area contributed by atoms with Gasteiger partial charge in [0.05, 0.1) is 19.0 Å². The lowest BCUT2D eigenvalue weighted by Crippen LogP contribution is -2.45. The summed E-state index contributed by atoms with van der Waals surface area (Å²) >= 11 is 0. The first-order chi connectivity index (χ1) is 24.7. The Kier molecular flexibility index (Phi) is 11.4. The first-order valence-electron chi connectivity index (χ1n) is 18.3. The number of anilines is 1. The molecule has 1 aliphatic heterocycles. The molecule has 51 heavy (non-hydrogen) atoms. The van der Waals surface area contributed by atoms with E-state index < -0.39 is 6.23 Å². The zero-order valence-corrected chi connectivity index (χ0v) is 30.0. The number of hydrogen-bond acceptors (Lipinski definition) is 6. The molecule has 3 aromatic carbocycles. The summed E-state index contributed by atoms with van der Waals surface area (Å²) in [7, 11) is 0. The average molecular weight is 692 g/mol. The Morgan fingerprint density at radius 2 is 1.69 bits per heavy atom. The van der Waals surface area contributed by atoms with Crippen LogP contribution in [0.2, 0.25) is 0 Å². The molecule has 1 aromatic heterocycles. The maximum Gasteiger partial charge on any atom is 0.495 e. The normalized spacial score (nSPS) is 18.9. The summed E-state index contributed by atoms with van der Waals surface area (Å²) < 4.78 is 3.20. The number of rotatable bonds is 14. The van der Waals surface area contributed by atoms with E-state index >= 15 is 0 Å². The van der Waals surface area contributed by atoms with E-state index in [1.165, 1.54) is 10.1 Å². The van der Waals surface area contributed by atoms with Crippen molar-refractivity contribution in [3.05, 3.63) is 113 Å². The monoisotopic (exact) mass is 691 g/mol. The van der Waals surface area contributed by atoms with E-state index in [0.717, 1.165) is 48.9 Å². The first-order valence-corrected chi connectivity index (χ1v) is 18.3. The van der Waals surface area contributed by atoms with Crippen molar-refractivity contribution in [2.45, 2.75) is 90.1 Å². The molecule has 1 aliphatic carbocycles. The lowest BCUT2D eigenvalue weighted by Gasteiger charge is -2.39. The van der Waals surface area contributed by atoms with Gasteiger partial charge in [0.1, 0.15) is 18.0 Å². The van der Waals surface area contributed by atoms with Gasteiger partial charge < -0.3 is 15.1 Å². The Balaban J connectivity index is 1.32. The quantitative estimate of drug-likeness (QED) is 0.104. The standard InChI is InChI=1S/C41H50N6O4/c1-5-7-20-45(21-8-6-2)40(50)36-22-28(3)47(43-36)37-19-18-32(42-41(51)44(4)38-25-34(38)29-14-10-9-11-15-29)24-35(37)39(49)46-26-31-17-13-12-16-30(31)23-33(46)27-48/h9-19,22,24,33-34,38-39,48-49H,4-8,20-21,23,25-27H2,1-3H3/p+1. The fourth-order valence-electron chi connectivity index (χ4n) is 7.20. The van der Waals surface area contributed by atoms with Gasteiger partial charge in [-0.25, -0.2) is 14.6 Å². The number of aryl methyl sites for hydroxylation is 1. The number of aliphatic hydroxyl groups excluding tert-OH is 2. The Morgan fingerprint density at radius 1 is 1.00 bits per heavy atom. The van der Waals surface area contributed by atoms with Crippen LogP contribution in [0.15, 0.2) is 78.9 Å². The van der Waals surface area contributed by atoms with Gasteiger partial charge in [-0.3, -0.25) is 9.69 Å². The van der Waals surface area contributed by atoms with Crippen LogP contribution in [0.3, 0.4) is 0 Å². The van der Waals surface area contributed by atoms with Crippen molar-refractivity contribution < 1.29 is 24.4 Å². The van der Waals surface area contributed by atoms with Gasteiger partial charge in [0.25, 0.3) is 5.91 Å². The highest BCUT2D eigenvalue weighted by atomic mass is 16.3. The SMILES string of the molecule is C=[N+](C(=O)Nc1ccc(-n2nc(C(=O)N(CCCC)CCCC)cc2C)c(C(O)N2Cc3ccccc3CC2CO)c1)C1CC1c1ccccc1. The molecule has 2 aliphatic rings. The number of benzene rings is 3. The summed E-state index contributed by atoms with van der Waals surface area (Å²) in [5.41, 5.74) is 6.07. The topological polar surface area (TPSA) is 114 Å². The van der Waals surface area contributed by atoms with Gasteiger partial charge in [-0.1, -0.05) is 81.3 Å². The largest absolute Gasteiger partial charge is 0.495 e. The number of nitrogens with one attached hydrogen (secondary N) is 1. The molecule has 4 aromatic rings. The maximum atomic E-state index is 13.7. The summed E-state index contributed by atoms with van der Waals surface area (Å²) in [5.74, 6) is 0.133. The number of carbonyl (C=O) groups is 2. The summed E-state index contributed by atoms with van der Waals surface area (Å²) in [5, 5.41) is 30.5. The highest BCUT2D eigenvalue weighted by Gasteiger charge is 2.46.